The van der Waals surface area contributed by atoms with Crippen molar-refractivity contribution in [3.8, 4) is 0 Å². The SMILES string of the molecule is C=CC(=O)N1CCOCC(c2ncc(C(N)=O)c3[nH]ccc23)C1. The van der Waals surface area contributed by atoms with Gasteiger partial charge in [0.25, 0.3) is 5.91 Å². The Bertz CT molecular complexity index is 768. The summed E-state index contributed by atoms with van der Waals surface area (Å²) in [6.07, 6.45) is 4.52. The van der Waals surface area contributed by atoms with Crippen LogP contribution in [0.25, 0.3) is 10.9 Å². The van der Waals surface area contributed by atoms with E-state index in [4.69, 9.17) is 10.5 Å². The first-order chi connectivity index (χ1) is 11.1. The molecule has 2 aromatic heterocycles. The van der Waals surface area contributed by atoms with Crippen LogP contribution in [0.15, 0.2) is 31.1 Å². The Hall–Kier alpha value is -2.67. The molecule has 1 aliphatic heterocycles. The van der Waals surface area contributed by atoms with Crippen molar-refractivity contribution >= 4 is 22.7 Å². The standard InChI is InChI=1S/C16H18N4O3/c1-2-13(21)20-5-6-23-9-10(8-20)14-11-3-4-18-15(11)12(7-19-14)16(17)22/h2-4,7,10,18H,1,5-6,8-9H2,(H2,17,22). The highest BCUT2D eigenvalue weighted by atomic mass is 16.5. The summed E-state index contributed by atoms with van der Waals surface area (Å²) in [4.78, 5) is 32.6. The molecule has 0 aliphatic carbocycles. The number of hydrogen-bond acceptors (Lipinski definition) is 4. The number of aromatic nitrogens is 2. The third-order valence-electron chi connectivity index (χ3n) is 4.03. The van der Waals surface area contributed by atoms with E-state index in [1.165, 1.54) is 12.3 Å². The van der Waals surface area contributed by atoms with E-state index in [2.05, 4.69) is 16.5 Å². The van der Waals surface area contributed by atoms with Crippen LogP contribution in [0.2, 0.25) is 0 Å². The number of amides is 2. The summed E-state index contributed by atoms with van der Waals surface area (Å²) in [6.45, 7) is 5.49. The maximum atomic E-state index is 11.9. The Balaban J connectivity index is 2.00. The first kappa shape index (κ1) is 15.2. The van der Waals surface area contributed by atoms with Crippen molar-refractivity contribution in [2.24, 2.45) is 5.73 Å². The van der Waals surface area contributed by atoms with Gasteiger partial charge in [0.1, 0.15) is 0 Å². The highest BCUT2D eigenvalue weighted by molar-refractivity contribution is 6.05. The number of hydrogen-bond donors (Lipinski definition) is 2. The zero-order valence-electron chi connectivity index (χ0n) is 12.6. The lowest BCUT2D eigenvalue weighted by Crippen LogP contribution is -2.34. The molecule has 3 N–H and O–H groups in total. The van der Waals surface area contributed by atoms with Crippen LogP contribution in [0.5, 0.6) is 0 Å². The minimum Gasteiger partial charge on any atom is -0.379 e. The van der Waals surface area contributed by atoms with Gasteiger partial charge in [-0.3, -0.25) is 14.6 Å². The van der Waals surface area contributed by atoms with Crippen LogP contribution in [0.4, 0.5) is 0 Å². The number of carbonyl (C=O) groups excluding carboxylic acids is 2. The molecule has 1 fully saturated rings. The fourth-order valence-corrected chi connectivity index (χ4v) is 2.89. The first-order valence-electron chi connectivity index (χ1n) is 7.36. The van der Waals surface area contributed by atoms with E-state index in [9.17, 15) is 9.59 Å². The number of nitrogens with zero attached hydrogens (tertiary/aromatic N) is 2. The first-order valence-corrected chi connectivity index (χ1v) is 7.36. The molecule has 1 unspecified atom stereocenters. The minimum atomic E-state index is -0.530. The molecule has 7 heteroatoms. The minimum absolute atomic E-state index is 0.0818. The zero-order valence-corrected chi connectivity index (χ0v) is 12.6. The number of ether oxygens (including phenoxy) is 1. The third-order valence-corrected chi connectivity index (χ3v) is 4.03. The molecule has 120 valence electrons. The van der Waals surface area contributed by atoms with Crippen LogP contribution in [0.3, 0.4) is 0 Å². The molecule has 0 saturated carbocycles. The normalized spacial score (nSPS) is 18.6. The van der Waals surface area contributed by atoms with Gasteiger partial charge in [-0.1, -0.05) is 6.58 Å². The van der Waals surface area contributed by atoms with Gasteiger partial charge in [-0.15, -0.1) is 0 Å². The number of carbonyl (C=O) groups is 2. The van der Waals surface area contributed by atoms with E-state index in [0.29, 0.717) is 37.4 Å². The second-order valence-electron chi connectivity index (χ2n) is 5.45. The Morgan fingerprint density at radius 3 is 3.09 bits per heavy atom. The summed E-state index contributed by atoms with van der Waals surface area (Å²) >= 11 is 0. The van der Waals surface area contributed by atoms with E-state index in [0.717, 1.165) is 11.1 Å². The van der Waals surface area contributed by atoms with Crippen LogP contribution in [-0.2, 0) is 9.53 Å². The molecule has 1 saturated heterocycles. The second kappa shape index (κ2) is 6.21. The van der Waals surface area contributed by atoms with Crippen molar-refractivity contribution in [3.63, 3.8) is 0 Å². The summed E-state index contributed by atoms with van der Waals surface area (Å²) in [5.74, 6) is -0.738. The van der Waals surface area contributed by atoms with Crippen LogP contribution in [0, 0.1) is 0 Å². The van der Waals surface area contributed by atoms with E-state index in [1.807, 2.05) is 6.07 Å². The van der Waals surface area contributed by atoms with Crippen molar-refractivity contribution in [2.75, 3.05) is 26.3 Å². The lowest BCUT2D eigenvalue weighted by molar-refractivity contribution is -0.126. The van der Waals surface area contributed by atoms with E-state index in [1.54, 1.807) is 11.1 Å². The average Bonchev–Trinajstić information content (AvgIpc) is 2.90. The molecule has 3 heterocycles. The number of H-pyrrole nitrogens is 1. The molecule has 0 bridgehead atoms. The van der Waals surface area contributed by atoms with Gasteiger partial charge >= 0.3 is 0 Å². The fraction of sp³-hybridized carbons (Fsp3) is 0.312. The number of pyridine rings is 1. The molecule has 3 rings (SSSR count). The Morgan fingerprint density at radius 2 is 2.35 bits per heavy atom. The molecule has 0 spiro atoms. The molecule has 23 heavy (non-hydrogen) atoms. The molecule has 0 radical (unpaired) electrons. The van der Waals surface area contributed by atoms with Gasteiger partial charge < -0.3 is 20.4 Å². The zero-order chi connectivity index (χ0) is 16.4. The van der Waals surface area contributed by atoms with Crippen LogP contribution >= 0.6 is 0 Å². The van der Waals surface area contributed by atoms with Gasteiger partial charge in [-0.2, -0.15) is 0 Å². The number of nitrogens with two attached hydrogens (primary N) is 1. The Kier molecular flexibility index (Phi) is 4.12. The van der Waals surface area contributed by atoms with Crippen LogP contribution < -0.4 is 5.73 Å². The molecule has 1 aliphatic rings. The molecular formula is C16H18N4O3. The van der Waals surface area contributed by atoms with Crippen LogP contribution in [0.1, 0.15) is 22.0 Å². The summed E-state index contributed by atoms with van der Waals surface area (Å²) in [5.41, 5.74) is 7.18. The summed E-state index contributed by atoms with van der Waals surface area (Å²) < 4.78 is 5.62. The molecular weight excluding hydrogens is 296 g/mol. The molecule has 1 atom stereocenters. The number of rotatable bonds is 3. The largest absolute Gasteiger partial charge is 0.379 e. The summed E-state index contributed by atoms with van der Waals surface area (Å²) in [7, 11) is 0. The maximum absolute atomic E-state index is 11.9. The average molecular weight is 314 g/mol. The van der Waals surface area contributed by atoms with Gasteiger partial charge in [0.05, 0.1) is 30.0 Å². The predicted molar refractivity (Wildman–Crippen MR) is 84.9 cm³/mol. The maximum Gasteiger partial charge on any atom is 0.252 e. The predicted octanol–water partition coefficient (Wildman–Crippen LogP) is 0.790. The van der Waals surface area contributed by atoms with Crippen LogP contribution in [-0.4, -0.2) is 53.0 Å². The van der Waals surface area contributed by atoms with E-state index in [-0.39, 0.29) is 11.8 Å². The topological polar surface area (TPSA) is 101 Å². The van der Waals surface area contributed by atoms with Gasteiger partial charge in [-0.25, -0.2) is 0 Å². The number of primary amides is 1. The lowest BCUT2D eigenvalue weighted by atomic mass is 10.0. The van der Waals surface area contributed by atoms with Gasteiger partial charge in [0.15, 0.2) is 0 Å². The molecule has 2 amide bonds. The number of fused-ring (bicyclic) bond motifs is 1. The van der Waals surface area contributed by atoms with Gasteiger partial charge in [-0.05, 0) is 12.1 Å². The highest BCUT2D eigenvalue weighted by Gasteiger charge is 2.26. The van der Waals surface area contributed by atoms with E-state index >= 15 is 0 Å². The Labute approximate surface area is 133 Å². The third kappa shape index (κ3) is 2.83. The van der Waals surface area contributed by atoms with Crippen molar-refractivity contribution in [2.45, 2.75) is 5.92 Å². The van der Waals surface area contributed by atoms with Crippen molar-refractivity contribution in [3.05, 3.63) is 42.4 Å². The van der Waals surface area contributed by atoms with Crippen molar-refractivity contribution in [1.29, 1.82) is 0 Å². The summed E-state index contributed by atoms with van der Waals surface area (Å²) in [6, 6.07) is 1.86. The summed E-state index contributed by atoms with van der Waals surface area (Å²) in [5, 5.41) is 0.822. The smallest absolute Gasteiger partial charge is 0.252 e. The molecule has 7 nitrogen and oxygen atoms in total. The fourth-order valence-electron chi connectivity index (χ4n) is 2.89. The molecule has 0 aromatic carbocycles. The lowest BCUT2D eigenvalue weighted by Gasteiger charge is -2.22. The molecule has 2 aromatic rings. The van der Waals surface area contributed by atoms with Gasteiger partial charge in [0, 0.05) is 36.8 Å². The van der Waals surface area contributed by atoms with Crippen molar-refractivity contribution in [1.82, 2.24) is 14.9 Å². The monoisotopic (exact) mass is 314 g/mol. The number of nitrogens with one attached hydrogen (secondary N) is 1. The highest BCUT2D eigenvalue weighted by Crippen LogP contribution is 2.27. The van der Waals surface area contributed by atoms with E-state index < -0.39 is 5.91 Å². The quantitative estimate of drug-likeness (QED) is 0.818. The van der Waals surface area contributed by atoms with Crippen molar-refractivity contribution < 1.29 is 14.3 Å². The number of aromatic amines is 1. The second-order valence-corrected chi connectivity index (χ2v) is 5.45. The van der Waals surface area contributed by atoms with Gasteiger partial charge in [0.2, 0.25) is 5.91 Å². The Morgan fingerprint density at radius 1 is 1.52 bits per heavy atom.